The summed E-state index contributed by atoms with van der Waals surface area (Å²) in [6, 6.07) is 18.2. The van der Waals surface area contributed by atoms with Gasteiger partial charge in [0.05, 0.1) is 0 Å². The summed E-state index contributed by atoms with van der Waals surface area (Å²) in [6.45, 7) is 4.85. The molecular weight excluding hydrogens is 540 g/mol. The molecule has 1 aromatic carbocycles. The monoisotopic (exact) mass is 573 g/mol. The van der Waals surface area contributed by atoms with Crippen molar-refractivity contribution >= 4 is 35.4 Å². The molecule has 0 bridgehead atoms. The van der Waals surface area contributed by atoms with E-state index in [1.807, 2.05) is 59.7 Å². The van der Waals surface area contributed by atoms with Crippen LogP contribution >= 0.6 is 19.4 Å². The van der Waals surface area contributed by atoms with Gasteiger partial charge in [-0.1, -0.05) is 0 Å². The van der Waals surface area contributed by atoms with E-state index < -0.39 is 13.5 Å². The van der Waals surface area contributed by atoms with Crippen molar-refractivity contribution < 1.29 is 13.5 Å². The molecule has 4 heterocycles. The molecule has 0 amide bonds. The third-order valence-corrected chi connectivity index (χ3v) is 7.13. The molecule has 2 aromatic heterocycles. The Kier molecular flexibility index (Phi) is 13.2. The van der Waals surface area contributed by atoms with E-state index in [4.69, 9.17) is 19.4 Å². The molecule has 5 rings (SSSR count). The average molecular weight is 574 g/mol. The minimum absolute atomic E-state index is 0. The Morgan fingerprint density at radius 2 is 1.03 bits per heavy atom. The SMILES string of the molecule is [CH3-].[Cl][Ru]([Cl])=[CH]c1ccccc1.c1cc(N2CCCC2)ccn1.c1cc(N2CCCC2)ccn1. The van der Waals surface area contributed by atoms with Crippen LogP contribution in [0.2, 0.25) is 0 Å². The molecule has 0 radical (unpaired) electrons. The van der Waals surface area contributed by atoms with E-state index in [-0.39, 0.29) is 7.43 Å². The standard InChI is InChI=1S/2C9H12N2.C7H6.CH3.2ClH.Ru/c2*1-2-8-11(7-1)9-3-5-10-6-4-9;1-7-5-3-2-4-6-7;;;;/h2*3-6H,1-2,7-8H2;1-6H;1H3;2*1H;/q;;;-1;;;+2/p-2. The van der Waals surface area contributed by atoms with Gasteiger partial charge in [0, 0.05) is 62.3 Å². The smallest absolute Gasteiger partial charge is 0.0397 e. The topological polar surface area (TPSA) is 32.3 Å². The molecule has 0 saturated carbocycles. The van der Waals surface area contributed by atoms with E-state index in [2.05, 4.69) is 44.0 Å². The minimum Gasteiger partial charge on any atom is -0.371 e. The van der Waals surface area contributed by atoms with Crippen LogP contribution in [-0.2, 0) is 13.5 Å². The molecule has 33 heavy (non-hydrogen) atoms. The van der Waals surface area contributed by atoms with Crippen molar-refractivity contribution in [3.8, 4) is 0 Å². The molecule has 2 saturated heterocycles. The quantitative estimate of drug-likeness (QED) is 0.262. The Morgan fingerprint density at radius 1 is 0.636 bits per heavy atom. The zero-order valence-electron chi connectivity index (χ0n) is 19.1. The van der Waals surface area contributed by atoms with Crippen molar-refractivity contribution in [2.24, 2.45) is 0 Å². The van der Waals surface area contributed by atoms with E-state index in [0.717, 1.165) is 5.56 Å². The number of benzene rings is 1. The van der Waals surface area contributed by atoms with Crippen molar-refractivity contribution in [2.45, 2.75) is 25.7 Å². The van der Waals surface area contributed by atoms with Gasteiger partial charge in [-0.25, -0.2) is 0 Å². The average Bonchev–Trinajstić information content (AvgIpc) is 3.56. The molecule has 3 aromatic rings. The van der Waals surface area contributed by atoms with Crippen LogP contribution in [0.15, 0.2) is 79.4 Å². The van der Waals surface area contributed by atoms with Crippen molar-refractivity contribution in [1.29, 1.82) is 0 Å². The maximum absolute atomic E-state index is 5.67. The first kappa shape index (κ1) is 27.4. The number of aromatic nitrogens is 2. The zero-order valence-corrected chi connectivity index (χ0v) is 22.4. The number of nitrogens with zero attached hydrogens (tertiary/aromatic N) is 4. The van der Waals surface area contributed by atoms with Gasteiger partial charge in [-0.05, 0) is 49.9 Å². The van der Waals surface area contributed by atoms with Crippen molar-refractivity contribution in [3.05, 3.63) is 92.4 Å². The summed E-state index contributed by atoms with van der Waals surface area (Å²) >= 11 is -1.61. The first-order valence-corrected chi connectivity index (χ1v) is 16.4. The number of rotatable bonds is 3. The van der Waals surface area contributed by atoms with Crippen molar-refractivity contribution in [3.63, 3.8) is 0 Å². The normalized spacial score (nSPS) is 14.8. The van der Waals surface area contributed by atoms with Crippen LogP contribution < -0.4 is 9.80 Å². The Hall–Kier alpha value is -1.81. The van der Waals surface area contributed by atoms with Gasteiger partial charge >= 0.3 is 73.4 Å². The Labute approximate surface area is 212 Å². The Morgan fingerprint density at radius 3 is 1.39 bits per heavy atom. The van der Waals surface area contributed by atoms with Crippen LogP contribution in [-0.4, -0.2) is 40.8 Å². The van der Waals surface area contributed by atoms with Gasteiger partial charge in [-0.3, -0.25) is 9.97 Å². The van der Waals surface area contributed by atoms with Crippen LogP contribution in [0.3, 0.4) is 0 Å². The van der Waals surface area contributed by atoms with Crippen LogP contribution in [0.5, 0.6) is 0 Å². The maximum Gasteiger partial charge on any atom is 0.0397 e. The van der Waals surface area contributed by atoms with Crippen molar-refractivity contribution in [1.82, 2.24) is 9.97 Å². The molecular formula is C26H33Cl2N4Ru-. The second kappa shape index (κ2) is 15.9. The second-order valence-corrected chi connectivity index (χ2v) is 13.2. The van der Waals surface area contributed by atoms with E-state index in [1.54, 1.807) is 0 Å². The van der Waals surface area contributed by atoms with E-state index in [1.165, 1.54) is 63.2 Å². The second-order valence-electron chi connectivity index (χ2n) is 7.52. The van der Waals surface area contributed by atoms with Gasteiger partial charge < -0.3 is 17.2 Å². The van der Waals surface area contributed by atoms with Crippen molar-refractivity contribution in [2.75, 3.05) is 36.0 Å². The molecule has 0 aliphatic carbocycles. The maximum atomic E-state index is 5.67. The summed E-state index contributed by atoms with van der Waals surface area (Å²) in [5.41, 5.74) is 3.75. The molecule has 7 heteroatoms. The third-order valence-electron chi connectivity index (χ3n) is 5.26. The molecule has 0 spiro atoms. The molecule has 2 aliphatic heterocycles. The first-order chi connectivity index (χ1) is 15.7. The van der Waals surface area contributed by atoms with Gasteiger partial charge in [-0.15, -0.1) is 0 Å². The van der Waals surface area contributed by atoms with E-state index >= 15 is 0 Å². The summed E-state index contributed by atoms with van der Waals surface area (Å²) in [5.74, 6) is 0. The fourth-order valence-electron chi connectivity index (χ4n) is 3.67. The predicted octanol–water partition coefficient (Wildman–Crippen LogP) is 6.58. The number of hydrogen-bond acceptors (Lipinski definition) is 4. The van der Waals surface area contributed by atoms with E-state index in [9.17, 15) is 0 Å². The molecule has 180 valence electrons. The summed E-state index contributed by atoms with van der Waals surface area (Å²) < 4.78 is 1.92. The summed E-state index contributed by atoms with van der Waals surface area (Å²) in [7, 11) is 11.3. The third kappa shape index (κ3) is 10.3. The molecule has 0 unspecified atom stereocenters. The van der Waals surface area contributed by atoms with Crippen LogP contribution in [0.25, 0.3) is 0 Å². The first-order valence-electron chi connectivity index (χ1n) is 10.9. The molecule has 0 atom stereocenters. The van der Waals surface area contributed by atoms with Gasteiger partial charge in [0.25, 0.3) is 0 Å². The Bertz CT molecular complexity index is 859. The largest absolute Gasteiger partial charge is 0.371 e. The van der Waals surface area contributed by atoms with Gasteiger partial charge in [0.15, 0.2) is 0 Å². The number of halogens is 2. The van der Waals surface area contributed by atoms with Crippen LogP contribution in [0.4, 0.5) is 11.4 Å². The van der Waals surface area contributed by atoms with Gasteiger partial charge in [0.1, 0.15) is 0 Å². The molecule has 0 N–H and O–H groups in total. The fourth-order valence-corrected chi connectivity index (χ4v) is 5.50. The summed E-state index contributed by atoms with van der Waals surface area (Å²) in [6.07, 6.45) is 12.8. The summed E-state index contributed by atoms with van der Waals surface area (Å²) in [5, 5.41) is 0. The molecule has 2 fully saturated rings. The van der Waals surface area contributed by atoms with Gasteiger partial charge in [0.2, 0.25) is 0 Å². The van der Waals surface area contributed by atoms with Crippen LogP contribution in [0.1, 0.15) is 31.2 Å². The number of hydrogen-bond donors (Lipinski definition) is 0. The number of anilines is 2. The van der Waals surface area contributed by atoms with E-state index in [0.29, 0.717) is 0 Å². The Balaban J connectivity index is 0.000000173. The zero-order chi connectivity index (χ0) is 22.4. The molecule has 4 nitrogen and oxygen atoms in total. The van der Waals surface area contributed by atoms with Crippen LogP contribution in [0, 0.1) is 7.43 Å². The minimum atomic E-state index is -1.61. The molecule has 2 aliphatic rings. The fraction of sp³-hybridized carbons (Fsp3) is 0.308. The summed E-state index contributed by atoms with van der Waals surface area (Å²) in [4.78, 5) is 12.8. The van der Waals surface area contributed by atoms with Gasteiger partial charge in [-0.2, -0.15) is 0 Å². The number of pyridine rings is 2. The predicted molar refractivity (Wildman–Crippen MR) is 141 cm³/mol.